The third kappa shape index (κ3) is 2.95. The molecule has 0 amide bonds. The molecule has 0 unspecified atom stereocenters. The van der Waals surface area contributed by atoms with E-state index >= 15 is 0 Å². The smallest absolute Gasteiger partial charge is 0.0502 e. The fourth-order valence-corrected chi connectivity index (χ4v) is 1.44. The Balaban J connectivity index is 2.60. The normalized spacial score (nSPS) is 10.2. The van der Waals surface area contributed by atoms with Gasteiger partial charge in [0.05, 0.1) is 6.61 Å². The number of halogens is 1. The first-order valence-corrected chi connectivity index (χ1v) is 5.11. The first-order chi connectivity index (χ1) is 5.86. The van der Waals surface area contributed by atoms with Crippen molar-refractivity contribution < 1.29 is 4.74 Å². The van der Waals surface area contributed by atoms with Crippen LogP contribution in [0, 0.1) is 0 Å². The summed E-state index contributed by atoms with van der Waals surface area (Å²) in [6.07, 6.45) is 0.997. The van der Waals surface area contributed by atoms with Gasteiger partial charge < -0.3 is 4.74 Å². The quantitative estimate of drug-likeness (QED) is 0.721. The van der Waals surface area contributed by atoms with Crippen LogP contribution in [0.3, 0.4) is 0 Å². The van der Waals surface area contributed by atoms with Crippen LogP contribution < -0.4 is 0 Å². The molecule has 0 heterocycles. The molecule has 0 atom stereocenters. The van der Waals surface area contributed by atoms with E-state index in [-0.39, 0.29) is 0 Å². The molecule has 12 heavy (non-hydrogen) atoms. The second-order valence-electron chi connectivity index (χ2n) is 2.70. The standard InChI is InChI=1S/C10H13BrO/c1-12-6-5-9-3-2-4-10(7-9)8-11/h2-4,7H,5-6,8H2,1H3. The first kappa shape index (κ1) is 9.75. The number of hydrogen-bond donors (Lipinski definition) is 0. The monoisotopic (exact) mass is 228 g/mol. The zero-order valence-corrected chi connectivity index (χ0v) is 8.80. The van der Waals surface area contributed by atoms with Gasteiger partial charge in [0.1, 0.15) is 0 Å². The van der Waals surface area contributed by atoms with Crippen molar-refractivity contribution in [3.63, 3.8) is 0 Å². The molecule has 2 heteroatoms. The molecule has 66 valence electrons. The second-order valence-corrected chi connectivity index (χ2v) is 3.26. The van der Waals surface area contributed by atoms with Gasteiger partial charge in [0.2, 0.25) is 0 Å². The number of benzene rings is 1. The van der Waals surface area contributed by atoms with Crippen LogP contribution in [0.25, 0.3) is 0 Å². The zero-order valence-electron chi connectivity index (χ0n) is 7.22. The number of ether oxygens (including phenoxy) is 1. The Bertz CT molecular complexity index is 235. The van der Waals surface area contributed by atoms with Gasteiger partial charge in [0, 0.05) is 12.4 Å². The van der Waals surface area contributed by atoms with Gasteiger partial charge in [-0.25, -0.2) is 0 Å². The molecule has 0 aliphatic heterocycles. The molecule has 0 fully saturated rings. The Morgan fingerprint density at radius 2 is 2.08 bits per heavy atom. The van der Waals surface area contributed by atoms with Crippen molar-refractivity contribution in [3.05, 3.63) is 35.4 Å². The number of hydrogen-bond acceptors (Lipinski definition) is 1. The molecule has 1 aromatic carbocycles. The minimum atomic E-state index is 0.797. The predicted octanol–water partition coefficient (Wildman–Crippen LogP) is 2.77. The van der Waals surface area contributed by atoms with Crippen molar-refractivity contribution in [1.82, 2.24) is 0 Å². The van der Waals surface area contributed by atoms with Crippen molar-refractivity contribution in [2.75, 3.05) is 13.7 Å². The molecule has 0 saturated heterocycles. The largest absolute Gasteiger partial charge is 0.384 e. The Labute approximate surface area is 81.9 Å². The molecule has 0 aromatic heterocycles. The topological polar surface area (TPSA) is 9.23 Å². The van der Waals surface area contributed by atoms with E-state index in [2.05, 4.69) is 40.2 Å². The fourth-order valence-electron chi connectivity index (χ4n) is 1.09. The molecular formula is C10H13BrO. The summed E-state index contributed by atoms with van der Waals surface area (Å²) in [7, 11) is 1.73. The van der Waals surface area contributed by atoms with Crippen LogP contribution in [-0.4, -0.2) is 13.7 Å². The maximum Gasteiger partial charge on any atom is 0.0502 e. The summed E-state index contributed by atoms with van der Waals surface area (Å²) in [4.78, 5) is 0. The third-order valence-corrected chi connectivity index (χ3v) is 2.39. The van der Waals surface area contributed by atoms with E-state index < -0.39 is 0 Å². The average Bonchev–Trinajstić information content (AvgIpc) is 2.15. The first-order valence-electron chi connectivity index (χ1n) is 3.99. The van der Waals surface area contributed by atoms with Crippen LogP contribution >= 0.6 is 15.9 Å². The van der Waals surface area contributed by atoms with Crippen molar-refractivity contribution in [2.45, 2.75) is 11.8 Å². The number of methoxy groups -OCH3 is 1. The highest BCUT2D eigenvalue weighted by atomic mass is 79.9. The van der Waals surface area contributed by atoms with Crippen LogP contribution in [0.1, 0.15) is 11.1 Å². The van der Waals surface area contributed by atoms with E-state index in [1.165, 1.54) is 11.1 Å². The highest BCUT2D eigenvalue weighted by Crippen LogP contribution is 2.09. The minimum absolute atomic E-state index is 0.797. The number of alkyl halides is 1. The van der Waals surface area contributed by atoms with Crippen LogP contribution in [0.15, 0.2) is 24.3 Å². The van der Waals surface area contributed by atoms with Crippen molar-refractivity contribution in [2.24, 2.45) is 0 Å². The maximum absolute atomic E-state index is 5.01. The van der Waals surface area contributed by atoms with E-state index in [1.54, 1.807) is 7.11 Å². The average molecular weight is 229 g/mol. The Kier molecular flexibility index (Phi) is 4.33. The van der Waals surface area contributed by atoms with Gasteiger partial charge >= 0.3 is 0 Å². The summed E-state index contributed by atoms with van der Waals surface area (Å²) in [5.74, 6) is 0. The van der Waals surface area contributed by atoms with Crippen molar-refractivity contribution >= 4 is 15.9 Å². The maximum atomic E-state index is 5.01. The van der Waals surface area contributed by atoms with Crippen LogP contribution in [0.2, 0.25) is 0 Å². The van der Waals surface area contributed by atoms with E-state index in [1.807, 2.05) is 0 Å². The van der Waals surface area contributed by atoms with Gasteiger partial charge in [0.25, 0.3) is 0 Å². The van der Waals surface area contributed by atoms with Crippen molar-refractivity contribution in [1.29, 1.82) is 0 Å². The Morgan fingerprint density at radius 1 is 1.33 bits per heavy atom. The highest BCUT2D eigenvalue weighted by Gasteiger charge is 1.93. The third-order valence-electron chi connectivity index (χ3n) is 1.74. The van der Waals surface area contributed by atoms with Gasteiger partial charge in [-0.1, -0.05) is 40.2 Å². The van der Waals surface area contributed by atoms with E-state index in [9.17, 15) is 0 Å². The molecule has 1 nitrogen and oxygen atoms in total. The van der Waals surface area contributed by atoms with E-state index in [0.717, 1.165) is 18.4 Å². The lowest BCUT2D eigenvalue weighted by Crippen LogP contribution is -1.94. The summed E-state index contributed by atoms with van der Waals surface area (Å²) in [5.41, 5.74) is 2.66. The Hall–Kier alpha value is -0.340. The number of rotatable bonds is 4. The van der Waals surface area contributed by atoms with Gasteiger partial charge in [-0.3, -0.25) is 0 Å². The lowest BCUT2D eigenvalue weighted by atomic mass is 10.1. The predicted molar refractivity (Wildman–Crippen MR) is 54.7 cm³/mol. The molecule has 0 aliphatic carbocycles. The molecule has 0 N–H and O–H groups in total. The summed E-state index contributed by atoms with van der Waals surface area (Å²) in [6, 6.07) is 8.53. The SMILES string of the molecule is COCCc1cccc(CBr)c1. The van der Waals surface area contributed by atoms with Gasteiger partial charge in [-0.2, -0.15) is 0 Å². The summed E-state index contributed by atoms with van der Waals surface area (Å²) >= 11 is 3.43. The highest BCUT2D eigenvalue weighted by molar-refractivity contribution is 9.08. The minimum Gasteiger partial charge on any atom is -0.384 e. The molecular weight excluding hydrogens is 216 g/mol. The molecule has 1 rings (SSSR count). The van der Waals surface area contributed by atoms with Gasteiger partial charge in [-0.05, 0) is 17.5 Å². The molecule has 0 aliphatic rings. The van der Waals surface area contributed by atoms with Crippen LogP contribution in [0.4, 0.5) is 0 Å². The van der Waals surface area contributed by atoms with Crippen molar-refractivity contribution in [3.8, 4) is 0 Å². The van der Waals surface area contributed by atoms with Gasteiger partial charge in [0.15, 0.2) is 0 Å². The summed E-state index contributed by atoms with van der Waals surface area (Å²) in [5, 5.41) is 0.924. The van der Waals surface area contributed by atoms with E-state index in [0.29, 0.717) is 0 Å². The molecule has 0 radical (unpaired) electrons. The second kappa shape index (κ2) is 5.33. The summed E-state index contributed by atoms with van der Waals surface area (Å²) in [6.45, 7) is 0.797. The van der Waals surface area contributed by atoms with Crippen LogP contribution in [-0.2, 0) is 16.5 Å². The Morgan fingerprint density at radius 3 is 2.75 bits per heavy atom. The lowest BCUT2D eigenvalue weighted by molar-refractivity contribution is 0.202. The molecule has 0 spiro atoms. The zero-order chi connectivity index (χ0) is 8.81. The molecule has 0 bridgehead atoms. The van der Waals surface area contributed by atoms with E-state index in [4.69, 9.17) is 4.74 Å². The van der Waals surface area contributed by atoms with Crippen LogP contribution in [0.5, 0.6) is 0 Å². The fraction of sp³-hybridized carbons (Fsp3) is 0.400. The summed E-state index contributed by atoms with van der Waals surface area (Å²) < 4.78 is 5.01. The molecule has 0 saturated carbocycles. The molecule has 1 aromatic rings. The lowest BCUT2D eigenvalue weighted by Gasteiger charge is -2.01. The van der Waals surface area contributed by atoms with Gasteiger partial charge in [-0.15, -0.1) is 0 Å².